The molecule has 1 saturated carbocycles. The number of amides is 1. The number of hydrazine groups is 1. The highest BCUT2D eigenvalue weighted by Gasteiger charge is 2.29. The Morgan fingerprint density at radius 3 is 2.85 bits per heavy atom. The van der Waals surface area contributed by atoms with Crippen molar-refractivity contribution in [1.29, 1.82) is 0 Å². The average molecular weight is 178 g/mol. The summed E-state index contributed by atoms with van der Waals surface area (Å²) in [6, 6.07) is 0. The summed E-state index contributed by atoms with van der Waals surface area (Å²) in [5.41, 5.74) is 7.95. The Bertz CT molecular complexity index is 287. The molecule has 0 radical (unpaired) electrons. The lowest BCUT2D eigenvalue weighted by Crippen LogP contribution is -2.37. The van der Waals surface area contributed by atoms with Gasteiger partial charge in [-0.1, -0.05) is 11.6 Å². The van der Waals surface area contributed by atoms with Crippen molar-refractivity contribution in [3.05, 3.63) is 23.4 Å². The van der Waals surface area contributed by atoms with E-state index in [0.717, 1.165) is 25.0 Å². The summed E-state index contributed by atoms with van der Waals surface area (Å²) in [6.07, 6.45) is 7.19. The third-order valence-electron chi connectivity index (χ3n) is 2.32. The van der Waals surface area contributed by atoms with Gasteiger partial charge in [0.15, 0.2) is 0 Å². The van der Waals surface area contributed by atoms with Gasteiger partial charge in [0, 0.05) is 5.92 Å². The molecule has 0 spiro atoms. The predicted octanol–water partition coefficient (Wildman–Crippen LogP) is 1.25. The lowest BCUT2D eigenvalue weighted by atomic mass is 10.3. The molecule has 0 heterocycles. The average Bonchev–Trinajstić information content (AvgIpc) is 2.87. The minimum atomic E-state index is 0.124. The highest BCUT2D eigenvalue weighted by atomic mass is 16.2. The number of hydrogen-bond donors (Lipinski definition) is 2. The molecule has 2 N–H and O–H groups in total. The van der Waals surface area contributed by atoms with Crippen LogP contribution in [0.15, 0.2) is 23.4 Å². The Morgan fingerprint density at radius 2 is 2.31 bits per heavy atom. The van der Waals surface area contributed by atoms with Crippen LogP contribution >= 0.6 is 0 Å². The third-order valence-corrected chi connectivity index (χ3v) is 2.32. The van der Waals surface area contributed by atoms with E-state index in [4.69, 9.17) is 0 Å². The van der Waals surface area contributed by atoms with Crippen molar-refractivity contribution in [2.24, 2.45) is 5.92 Å². The topological polar surface area (TPSA) is 41.1 Å². The number of carbonyl (C=O) groups is 1. The maximum Gasteiger partial charge on any atom is 0.241 e. The Balaban J connectivity index is 1.76. The number of allylic oxidation sites excluding steroid dienone is 3. The largest absolute Gasteiger partial charge is 0.299 e. The van der Waals surface area contributed by atoms with Gasteiger partial charge in [-0.3, -0.25) is 15.6 Å². The van der Waals surface area contributed by atoms with E-state index in [2.05, 4.69) is 23.9 Å². The maximum absolute atomic E-state index is 11.2. The fraction of sp³-hybridized carbons (Fsp3) is 0.500. The molecule has 3 heteroatoms. The normalized spacial score (nSPS) is 20.7. The summed E-state index contributed by atoms with van der Waals surface area (Å²) in [5, 5.41) is 0. The Morgan fingerprint density at radius 1 is 1.54 bits per heavy atom. The molecule has 0 saturated heterocycles. The molecule has 70 valence electrons. The zero-order chi connectivity index (χ0) is 9.26. The summed E-state index contributed by atoms with van der Waals surface area (Å²) in [5.74, 6) is 0.387. The molecule has 3 nitrogen and oxygen atoms in total. The lowest BCUT2D eigenvalue weighted by Gasteiger charge is -2.06. The van der Waals surface area contributed by atoms with E-state index >= 15 is 0 Å². The van der Waals surface area contributed by atoms with Gasteiger partial charge in [-0.15, -0.1) is 0 Å². The van der Waals surface area contributed by atoms with Crippen LogP contribution in [0.5, 0.6) is 0 Å². The highest BCUT2D eigenvalue weighted by Crippen LogP contribution is 2.28. The van der Waals surface area contributed by atoms with Gasteiger partial charge in [-0.05, 0) is 32.3 Å². The minimum absolute atomic E-state index is 0.124. The van der Waals surface area contributed by atoms with Crippen LogP contribution in [0.4, 0.5) is 0 Å². The van der Waals surface area contributed by atoms with Gasteiger partial charge in [0.25, 0.3) is 0 Å². The van der Waals surface area contributed by atoms with Gasteiger partial charge in [0.1, 0.15) is 0 Å². The predicted molar refractivity (Wildman–Crippen MR) is 50.5 cm³/mol. The first kappa shape index (κ1) is 8.35. The molecule has 0 aliphatic heterocycles. The molecule has 0 unspecified atom stereocenters. The molecule has 0 aromatic rings. The van der Waals surface area contributed by atoms with Gasteiger partial charge < -0.3 is 0 Å². The van der Waals surface area contributed by atoms with Gasteiger partial charge >= 0.3 is 0 Å². The summed E-state index contributed by atoms with van der Waals surface area (Å²) in [7, 11) is 0. The number of hydrogen-bond acceptors (Lipinski definition) is 2. The van der Waals surface area contributed by atoms with E-state index < -0.39 is 0 Å². The van der Waals surface area contributed by atoms with E-state index in [1.165, 1.54) is 5.57 Å². The molecule has 2 aliphatic rings. The van der Waals surface area contributed by atoms with Crippen LogP contribution in [0, 0.1) is 5.92 Å². The third kappa shape index (κ3) is 2.11. The van der Waals surface area contributed by atoms with Crippen molar-refractivity contribution in [1.82, 2.24) is 10.9 Å². The molecule has 2 aliphatic carbocycles. The van der Waals surface area contributed by atoms with Crippen molar-refractivity contribution >= 4 is 5.91 Å². The van der Waals surface area contributed by atoms with Gasteiger partial charge in [0.2, 0.25) is 5.91 Å². The monoisotopic (exact) mass is 178 g/mol. The van der Waals surface area contributed by atoms with Gasteiger partial charge in [-0.25, -0.2) is 0 Å². The van der Waals surface area contributed by atoms with Crippen LogP contribution in [0.3, 0.4) is 0 Å². The van der Waals surface area contributed by atoms with E-state index in [1.807, 2.05) is 6.08 Å². The maximum atomic E-state index is 11.2. The second-order valence-corrected chi connectivity index (χ2v) is 3.74. The summed E-state index contributed by atoms with van der Waals surface area (Å²) in [4.78, 5) is 11.2. The van der Waals surface area contributed by atoms with E-state index in [9.17, 15) is 4.79 Å². The Kier molecular flexibility index (Phi) is 2.08. The molecule has 1 amide bonds. The van der Waals surface area contributed by atoms with Crippen molar-refractivity contribution in [3.63, 3.8) is 0 Å². The van der Waals surface area contributed by atoms with Gasteiger partial charge in [0.05, 0.1) is 5.70 Å². The van der Waals surface area contributed by atoms with E-state index in [1.54, 1.807) is 0 Å². The van der Waals surface area contributed by atoms with Crippen LogP contribution in [0.25, 0.3) is 0 Å². The molecule has 2 rings (SSSR count). The standard InChI is InChI=1S/C10H14N2O/c1-7-2-5-9(6-7)11-12-10(13)8-3-4-8/h5-6,8,11H,2-4H2,1H3,(H,12,13). The van der Waals surface area contributed by atoms with Crippen molar-refractivity contribution in [2.45, 2.75) is 26.2 Å². The fourth-order valence-corrected chi connectivity index (χ4v) is 1.32. The van der Waals surface area contributed by atoms with E-state index in [0.29, 0.717) is 0 Å². The summed E-state index contributed by atoms with van der Waals surface area (Å²) < 4.78 is 0. The molecule has 13 heavy (non-hydrogen) atoms. The summed E-state index contributed by atoms with van der Waals surface area (Å²) >= 11 is 0. The quantitative estimate of drug-likeness (QED) is 0.639. The molecule has 0 bridgehead atoms. The van der Waals surface area contributed by atoms with Crippen LogP contribution in [-0.2, 0) is 4.79 Å². The molecular formula is C10H14N2O. The van der Waals surface area contributed by atoms with Crippen molar-refractivity contribution < 1.29 is 4.79 Å². The Labute approximate surface area is 77.9 Å². The van der Waals surface area contributed by atoms with Crippen LogP contribution < -0.4 is 10.9 Å². The SMILES string of the molecule is CC1=CC(NNC(=O)C2CC2)=CC1. The molecule has 0 aromatic heterocycles. The molecule has 1 fully saturated rings. The number of rotatable bonds is 3. The smallest absolute Gasteiger partial charge is 0.241 e. The fourth-order valence-electron chi connectivity index (χ4n) is 1.32. The first-order valence-corrected chi connectivity index (χ1v) is 4.69. The molecule has 0 atom stereocenters. The minimum Gasteiger partial charge on any atom is -0.299 e. The number of nitrogens with one attached hydrogen (secondary N) is 2. The van der Waals surface area contributed by atoms with Crippen LogP contribution in [0.2, 0.25) is 0 Å². The molecular weight excluding hydrogens is 164 g/mol. The lowest BCUT2D eigenvalue weighted by molar-refractivity contribution is -0.123. The van der Waals surface area contributed by atoms with Crippen molar-refractivity contribution in [2.75, 3.05) is 0 Å². The first-order valence-electron chi connectivity index (χ1n) is 4.69. The zero-order valence-corrected chi connectivity index (χ0v) is 7.76. The highest BCUT2D eigenvalue weighted by molar-refractivity contribution is 5.80. The zero-order valence-electron chi connectivity index (χ0n) is 7.76. The van der Waals surface area contributed by atoms with E-state index in [-0.39, 0.29) is 11.8 Å². The van der Waals surface area contributed by atoms with Crippen LogP contribution in [0.1, 0.15) is 26.2 Å². The second kappa shape index (κ2) is 3.24. The second-order valence-electron chi connectivity index (χ2n) is 3.74. The summed E-state index contributed by atoms with van der Waals surface area (Å²) in [6.45, 7) is 2.08. The van der Waals surface area contributed by atoms with Crippen LogP contribution in [-0.4, -0.2) is 5.91 Å². The first-order chi connectivity index (χ1) is 6.25. The van der Waals surface area contributed by atoms with Gasteiger partial charge in [-0.2, -0.15) is 0 Å². The number of carbonyl (C=O) groups excluding carboxylic acids is 1. The Hall–Kier alpha value is -1.25. The van der Waals surface area contributed by atoms with Crippen molar-refractivity contribution in [3.8, 4) is 0 Å². The molecule has 0 aromatic carbocycles.